The first kappa shape index (κ1) is 13.5. The summed E-state index contributed by atoms with van der Waals surface area (Å²) in [5.41, 5.74) is 5.89. The molecule has 0 aliphatic carbocycles. The van der Waals surface area contributed by atoms with E-state index in [4.69, 9.17) is 10.8 Å². The normalized spacial score (nSPS) is 22.8. The van der Waals surface area contributed by atoms with Gasteiger partial charge in [-0.3, -0.25) is 4.79 Å². The van der Waals surface area contributed by atoms with Crippen LogP contribution in [0.15, 0.2) is 0 Å². The predicted molar refractivity (Wildman–Crippen MR) is 63.8 cm³/mol. The van der Waals surface area contributed by atoms with Gasteiger partial charge in [0.1, 0.15) is 0 Å². The van der Waals surface area contributed by atoms with Crippen molar-refractivity contribution in [3.8, 4) is 0 Å². The zero-order valence-corrected chi connectivity index (χ0v) is 10.4. The van der Waals surface area contributed by atoms with Gasteiger partial charge >= 0.3 is 0 Å². The Kier molecular flexibility index (Phi) is 5.22. The van der Waals surface area contributed by atoms with Crippen LogP contribution in [0.4, 0.5) is 0 Å². The minimum atomic E-state index is -0.0376. The zero-order chi connectivity index (χ0) is 12.1. The van der Waals surface area contributed by atoms with Gasteiger partial charge in [0.25, 0.3) is 0 Å². The Hall–Kier alpha value is -0.610. The molecule has 16 heavy (non-hydrogen) atoms. The van der Waals surface area contributed by atoms with E-state index in [0.717, 1.165) is 25.9 Å². The zero-order valence-electron chi connectivity index (χ0n) is 10.4. The van der Waals surface area contributed by atoms with Gasteiger partial charge < -0.3 is 15.7 Å². The van der Waals surface area contributed by atoms with Crippen molar-refractivity contribution in [3.05, 3.63) is 0 Å². The number of hydrogen-bond acceptors (Lipinski definition) is 3. The Morgan fingerprint density at radius 2 is 2.25 bits per heavy atom. The molecule has 4 heteroatoms. The molecule has 0 radical (unpaired) electrons. The molecule has 0 aromatic heterocycles. The Morgan fingerprint density at radius 1 is 1.56 bits per heavy atom. The van der Waals surface area contributed by atoms with E-state index in [1.54, 1.807) is 0 Å². The lowest BCUT2D eigenvalue weighted by Gasteiger charge is -2.21. The van der Waals surface area contributed by atoms with Crippen LogP contribution in [0.25, 0.3) is 0 Å². The summed E-state index contributed by atoms with van der Waals surface area (Å²) in [6, 6.07) is -0.0376. The lowest BCUT2D eigenvalue weighted by Crippen LogP contribution is -2.36. The minimum absolute atomic E-state index is 0.0376. The van der Waals surface area contributed by atoms with Crippen molar-refractivity contribution in [2.24, 2.45) is 17.6 Å². The molecule has 1 amide bonds. The van der Waals surface area contributed by atoms with Crippen LogP contribution >= 0.6 is 0 Å². The number of hydrogen-bond donors (Lipinski definition) is 2. The van der Waals surface area contributed by atoms with Crippen LogP contribution in [0.5, 0.6) is 0 Å². The molecule has 1 saturated heterocycles. The molecule has 2 atom stereocenters. The maximum Gasteiger partial charge on any atom is 0.224 e. The van der Waals surface area contributed by atoms with E-state index in [-0.39, 0.29) is 18.6 Å². The molecule has 0 aromatic rings. The third kappa shape index (κ3) is 3.76. The molecule has 1 aliphatic heterocycles. The first-order valence-electron chi connectivity index (χ1n) is 6.18. The third-order valence-electron chi connectivity index (χ3n) is 3.44. The molecule has 1 fully saturated rings. The van der Waals surface area contributed by atoms with Gasteiger partial charge in [-0.15, -0.1) is 0 Å². The molecule has 4 nitrogen and oxygen atoms in total. The maximum absolute atomic E-state index is 11.9. The van der Waals surface area contributed by atoms with Crippen molar-refractivity contribution in [2.75, 3.05) is 19.7 Å². The van der Waals surface area contributed by atoms with Gasteiger partial charge in [-0.05, 0) is 24.7 Å². The first-order chi connectivity index (χ1) is 7.54. The molecule has 3 N–H and O–H groups in total. The summed E-state index contributed by atoms with van der Waals surface area (Å²) in [5, 5.41) is 8.85. The fourth-order valence-electron chi connectivity index (χ4n) is 2.04. The van der Waals surface area contributed by atoms with Crippen LogP contribution in [0.3, 0.4) is 0 Å². The number of carbonyl (C=O) groups is 1. The highest BCUT2D eigenvalue weighted by Crippen LogP contribution is 2.20. The standard InChI is InChI=1S/C12H24N2O2/c1-9(2)11(13)7-12(16)14-5-3-10(8-14)4-6-15/h9-11,15H,3-8,13H2,1-2H3. The van der Waals surface area contributed by atoms with Crippen molar-refractivity contribution in [1.82, 2.24) is 4.90 Å². The van der Waals surface area contributed by atoms with Crippen LogP contribution in [0, 0.1) is 11.8 Å². The van der Waals surface area contributed by atoms with E-state index in [9.17, 15) is 4.79 Å². The van der Waals surface area contributed by atoms with Gasteiger partial charge in [-0.2, -0.15) is 0 Å². The fraction of sp³-hybridized carbons (Fsp3) is 0.917. The number of likely N-dealkylation sites (tertiary alicyclic amines) is 1. The average molecular weight is 228 g/mol. The summed E-state index contributed by atoms with van der Waals surface area (Å²) < 4.78 is 0. The molecule has 0 bridgehead atoms. The second kappa shape index (κ2) is 6.21. The fourth-order valence-corrected chi connectivity index (χ4v) is 2.04. The Morgan fingerprint density at radius 3 is 2.81 bits per heavy atom. The van der Waals surface area contributed by atoms with Crippen LogP contribution in [-0.4, -0.2) is 41.7 Å². The average Bonchev–Trinajstić information content (AvgIpc) is 2.66. The lowest BCUT2D eigenvalue weighted by molar-refractivity contribution is -0.130. The molecular formula is C12H24N2O2. The van der Waals surface area contributed by atoms with Gasteiger partial charge in [0.15, 0.2) is 0 Å². The Labute approximate surface area is 97.8 Å². The summed E-state index contributed by atoms with van der Waals surface area (Å²) in [5.74, 6) is 0.991. The number of aliphatic hydroxyl groups excluding tert-OH is 1. The lowest BCUT2D eigenvalue weighted by atomic mass is 10.0. The van der Waals surface area contributed by atoms with E-state index in [0.29, 0.717) is 18.3 Å². The number of carbonyl (C=O) groups excluding carboxylic acids is 1. The molecule has 1 heterocycles. The van der Waals surface area contributed by atoms with Gasteiger partial charge in [0.2, 0.25) is 5.91 Å². The van der Waals surface area contributed by atoms with Crippen molar-refractivity contribution in [3.63, 3.8) is 0 Å². The summed E-state index contributed by atoms with van der Waals surface area (Å²) in [7, 11) is 0. The van der Waals surface area contributed by atoms with Crippen molar-refractivity contribution in [2.45, 2.75) is 39.2 Å². The van der Waals surface area contributed by atoms with Crippen LogP contribution in [-0.2, 0) is 4.79 Å². The number of nitrogens with two attached hydrogens (primary N) is 1. The number of nitrogens with zero attached hydrogens (tertiary/aromatic N) is 1. The third-order valence-corrected chi connectivity index (χ3v) is 3.44. The number of amides is 1. The molecule has 0 spiro atoms. The quantitative estimate of drug-likeness (QED) is 0.724. The summed E-state index contributed by atoms with van der Waals surface area (Å²) >= 11 is 0. The smallest absolute Gasteiger partial charge is 0.224 e. The molecule has 1 rings (SSSR count). The highest BCUT2D eigenvalue weighted by atomic mass is 16.3. The first-order valence-corrected chi connectivity index (χ1v) is 6.18. The van der Waals surface area contributed by atoms with E-state index < -0.39 is 0 Å². The molecule has 2 unspecified atom stereocenters. The second-order valence-corrected chi connectivity index (χ2v) is 5.12. The van der Waals surface area contributed by atoms with Gasteiger partial charge in [0, 0.05) is 32.2 Å². The molecule has 0 aromatic carbocycles. The highest BCUT2D eigenvalue weighted by molar-refractivity contribution is 5.77. The highest BCUT2D eigenvalue weighted by Gasteiger charge is 2.26. The van der Waals surface area contributed by atoms with Crippen LogP contribution in [0.2, 0.25) is 0 Å². The van der Waals surface area contributed by atoms with Gasteiger partial charge in [-0.1, -0.05) is 13.8 Å². The molecule has 0 saturated carbocycles. The predicted octanol–water partition coefficient (Wildman–Crippen LogP) is 0.591. The topological polar surface area (TPSA) is 66.6 Å². The summed E-state index contributed by atoms with van der Waals surface area (Å²) in [6.45, 7) is 5.92. The Balaban J connectivity index is 2.33. The molecule has 1 aliphatic rings. The van der Waals surface area contributed by atoms with E-state index in [1.807, 2.05) is 18.7 Å². The summed E-state index contributed by atoms with van der Waals surface area (Å²) in [4.78, 5) is 13.8. The summed E-state index contributed by atoms with van der Waals surface area (Å²) in [6.07, 6.45) is 2.27. The van der Waals surface area contributed by atoms with Gasteiger partial charge in [0.05, 0.1) is 0 Å². The van der Waals surface area contributed by atoms with Crippen LogP contribution < -0.4 is 5.73 Å². The monoisotopic (exact) mass is 228 g/mol. The number of rotatable bonds is 5. The SMILES string of the molecule is CC(C)C(N)CC(=O)N1CCC(CCO)C1. The van der Waals surface area contributed by atoms with Crippen LogP contribution in [0.1, 0.15) is 33.1 Å². The minimum Gasteiger partial charge on any atom is -0.396 e. The Bertz CT molecular complexity index is 231. The van der Waals surface area contributed by atoms with Crippen molar-refractivity contribution < 1.29 is 9.90 Å². The second-order valence-electron chi connectivity index (χ2n) is 5.12. The molecular weight excluding hydrogens is 204 g/mol. The van der Waals surface area contributed by atoms with Crippen molar-refractivity contribution >= 4 is 5.91 Å². The van der Waals surface area contributed by atoms with Gasteiger partial charge in [-0.25, -0.2) is 0 Å². The largest absolute Gasteiger partial charge is 0.396 e. The molecule has 94 valence electrons. The number of aliphatic hydroxyl groups is 1. The maximum atomic E-state index is 11.9. The van der Waals surface area contributed by atoms with Crippen molar-refractivity contribution in [1.29, 1.82) is 0 Å². The van der Waals surface area contributed by atoms with E-state index in [2.05, 4.69) is 0 Å². The van der Waals surface area contributed by atoms with E-state index >= 15 is 0 Å². The van der Waals surface area contributed by atoms with E-state index in [1.165, 1.54) is 0 Å².